The maximum atomic E-state index is 13.2. The Morgan fingerprint density at radius 1 is 0.750 bits per heavy atom. The van der Waals surface area contributed by atoms with Crippen LogP contribution in [0.5, 0.6) is 11.5 Å². The molecular weight excluding hydrogens is 490 g/mol. The molecule has 0 bridgehead atoms. The van der Waals surface area contributed by atoms with Crippen molar-refractivity contribution in [2.45, 2.75) is 21.9 Å². The van der Waals surface area contributed by atoms with Crippen LogP contribution in [0.3, 0.4) is 0 Å². The van der Waals surface area contributed by atoms with Crippen LogP contribution in [0.4, 0.5) is 40.8 Å². The third kappa shape index (κ3) is 5.01. The molecule has 1 aromatic rings. The first-order chi connectivity index (χ1) is 10.6. The smallest absolute Gasteiger partial charge is 0.427 e. The fraction of sp³-hybridized carbons (Fsp3) is 0.455. The molecule has 3 nitrogen and oxygen atoms in total. The van der Waals surface area contributed by atoms with E-state index in [0.29, 0.717) is 6.07 Å². The van der Waals surface area contributed by atoms with Crippen LogP contribution in [-0.2, 0) is 0 Å². The van der Waals surface area contributed by atoms with Gasteiger partial charge < -0.3 is 14.8 Å². The Bertz CT molecular complexity index is 542. The number of hydrogen-bond acceptors (Lipinski definition) is 3. The Hall–Kier alpha value is -0.980. The first kappa shape index (κ1) is 21.1. The van der Waals surface area contributed by atoms with E-state index in [1.807, 2.05) is 0 Å². The van der Waals surface area contributed by atoms with Crippen molar-refractivity contribution in [1.29, 1.82) is 0 Å². The van der Waals surface area contributed by atoms with Crippen molar-refractivity contribution in [2.24, 2.45) is 0 Å². The first-order valence-electron chi connectivity index (χ1n) is 5.69. The molecule has 0 aliphatic carbocycles. The zero-order valence-electron chi connectivity index (χ0n) is 11.3. The number of ether oxygens (including phenoxy) is 2. The second kappa shape index (κ2) is 6.73. The summed E-state index contributed by atoms with van der Waals surface area (Å²) in [6.07, 6.45) is -10.1. The standard InChI is InChI=1S/C11H7Br2F8NO2/c1-22-5-2-6(23-10(18,19)8(12,14)15)4-7(3-5)24-11(20,21)9(13,16)17/h2-4,22H,1H3. The minimum absolute atomic E-state index is 0.204. The van der Waals surface area contributed by atoms with E-state index in [-0.39, 0.29) is 5.69 Å². The van der Waals surface area contributed by atoms with Crippen LogP contribution in [0.2, 0.25) is 0 Å². The van der Waals surface area contributed by atoms with Crippen molar-refractivity contribution in [2.75, 3.05) is 12.4 Å². The topological polar surface area (TPSA) is 30.5 Å². The molecule has 0 spiro atoms. The van der Waals surface area contributed by atoms with Gasteiger partial charge in [-0.05, 0) is 0 Å². The minimum Gasteiger partial charge on any atom is -0.427 e. The summed E-state index contributed by atoms with van der Waals surface area (Å²) in [5.41, 5.74) is -0.204. The Kier molecular flexibility index (Phi) is 5.91. The maximum Gasteiger partial charge on any atom is 0.475 e. The Labute approximate surface area is 146 Å². The molecule has 0 atom stereocenters. The lowest BCUT2D eigenvalue weighted by Gasteiger charge is -2.24. The van der Waals surface area contributed by atoms with Crippen molar-refractivity contribution < 1.29 is 44.6 Å². The molecule has 0 unspecified atom stereocenters. The summed E-state index contributed by atoms with van der Waals surface area (Å²) in [5.74, 6) is -2.07. The van der Waals surface area contributed by atoms with Crippen LogP contribution in [0, 0.1) is 0 Å². The van der Waals surface area contributed by atoms with Gasteiger partial charge in [0.1, 0.15) is 11.5 Å². The van der Waals surface area contributed by atoms with Crippen molar-refractivity contribution in [3.63, 3.8) is 0 Å². The zero-order valence-corrected chi connectivity index (χ0v) is 14.5. The van der Waals surface area contributed by atoms with Gasteiger partial charge in [-0.15, -0.1) is 0 Å². The van der Waals surface area contributed by atoms with E-state index in [1.54, 1.807) is 0 Å². The molecule has 0 saturated carbocycles. The lowest BCUT2D eigenvalue weighted by Crippen LogP contribution is -2.41. The first-order valence-corrected chi connectivity index (χ1v) is 7.27. The van der Waals surface area contributed by atoms with Crippen molar-refractivity contribution in [3.8, 4) is 11.5 Å². The van der Waals surface area contributed by atoms with E-state index in [1.165, 1.54) is 38.9 Å². The molecule has 24 heavy (non-hydrogen) atoms. The predicted molar refractivity (Wildman–Crippen MR) is 74.9 cm³/mol. The Morgan fingerprint density at radius 3 is 1.33 bits per heavy atom. The highest BCUT2D eigenvalue weighted by Crippen LogP contribution is 2.44. The molecule has 0 amide bonds. The summed E-state index contributed by atoms with van der Waals surface area (Å²) in [4.78, 5) is -9.55. The third-order valence-corrected chi connectivity index (χ3v) is 3.24. The molecule has 13 heteroatoms. The van der Waals surface area contributed by atoms with E-state index in [4.69, 9.17) is 0 Å². The molecule has 0 aliphatic heterocycles. The quantitative estimate of drug-likeness (QED) is 0.391. The molecule has 1 N–H and O–H groups in total. The van der Waals surface area contributed by atoms with Crippen molar-refractivity contribution >= 4 is 37.5 Å². The number of alkyl halides is 10. The second-order valence-corrected chi connectivity index (χ2v) is 6.17. The lowest BCUT2D eigenvalue weighted by molar-refractivity contribution is -0.268. The molecule has 0 saturated heterocycles. The number of hydrogen-bond donors (Lipinski definition) is 1. The lowest BCUT2D eigenvalue weighted by atomic mass is 10.2. The summed E-state index contributed by atoms with van der Waals surface area (Å²) < 4.78 is 111. The normalized spacial score (nSPS) is 13.6. The predicted octanol–water partition coefficient (Wildman–Crippen LogP) is 5.65. The number of benzene rings is 1. The van der Waals surface area contributed by atoms with E-state index in [9.17, 15) is 35.1 Å². The number of nitrogens with one attached hydrogen (secondary N) is 1. The highest BCUT2D eigenvalue weighted by Gasteiger charge is 2.59. The summed E-state index contributed by atoms with van der Waals surface area (Å²) in [6, 6.07) is 1.80. The Morgan fingerprint density at radius 2 is 1.08 bits per heavy atom. The van der Waals surface area contributed by atoms with Crippen LogP contribution >= 0.6 is 31.9 Å². The number of halogens is 10. The summed E-state index contributed by atoms with van der Waals surface area (Å²) in [7, 11) is 1.22. The summed E-state index contributed by atoms with van der Waals surface area (Å²) >= 11 is 2.81. The van der Waals surface area contributed by atoms with E-state index < -0.39 is 33.4 Å². The van der Waals surface area contributed by atoms with Crippen LogP contribution in [0.15, 0.2) is 18.2 Å². The Balaban J connectivity index is 3.18. The molecule has 0 aliphatic rings. The molecule has 0 heterocycles. The van der Waals surface area contributed by atoms with Gasteiger partial charge in [0.25, 0.3) is 0 Å². The van der Waals surface area contributed by atoms with Crippen LogP contribution in [0.25, 0.3) is 0 Å². The van der Waals surface area contributed by atoms with E-state index >= 15 is 0 Å². The van der Waals surface area contributed by atoms with Gasteiger partial charge >= 0.3 is 21.9 Å². The van der Waals surface area contributed by atoms with Gasteiger partial charge in [0.05, 0.1) is 0 Å². The van der Waals surface area contributed by atoms with Gasteiger partial charge in [0.2, 0.25) is 0 Å². The number of rotatable bonds is 7. The summed E-state index contributed by atoms with van der Waals surface area (Å²) in [5, 5.41) is 2.31. The third-order valence-electron chi connectivity index (χ3n) is 2.32. The van der Waals surface area contributed by atoms with E-state index in [2.05, 4.69) is 14.8 Å². The van der Waals surface area contributed by atoms with Gasteiger partial charge in [0.15, 0.2) is 0 Å². The average molecular weight is 497 g/mol. The highest BCUT2D eigenvalue weighted by atomic mass is 79.9. The van der Waals surface area contributed by atoms with Gasteiger partial charge in [-0.1, -0.05) is 0 Å². The average Bonchev–Trinajstić information content (AvgIpc) is 2.34. The van der Waals surface area contributed by atoms with Crippen molar-refractivity contribution in [1.82, 2.24) is 0 Å². The van der Waals surface area contributed by atoms with Crippen LogP contribution in [-0.4, -0.2) is 28.9 Å². The molecular formula is C11H7Br2F8NO2. The highest BCUT2D eigenvalue weighted by molar-refractivity contribution is 9.10. The molecule has 0 radical (unpaired) electrons. The SMILES string of the molecule is CNc1cc(OC(F)(F)C(F)(F)Br)cc(OC(F)(F)C(F)(F)Br)c1. The molecule has 1 rings (SSSR count). The number of anilines is 1. The molecule has 0 aromatic heterocycles. The molecule has 1 aromatic carbocycles. The minimum atomic E-state index is -5.06. The fourth-order valence-corrected chi connectivity index (χ4v) is 1.41. The van der Waals surface area contributed by atoms with Gasteiger partial charge in [-0.3, -0.25) is 0 Å². The molecule has 0 fully saturated rings. The summed E-state index contributed by atoms with van der Waals surface area (Å²) in [6.45, 7) is 0. The molecule has 138 valence electrons. The second-order valence-electron chi connectivity index (χ2n) is 4.18. The van der Waals surface area contributed by atoms with Gasteiger partial charge in [-0.2, -0.15) is 35.1 Å². The zero-order chi connectivity index (χ0) is 19.0. The van der Waals surface area contributed by atoms with Gasteiger partial charge in [0, 0.05) is 62.8 Å². The van der Waals surface area contributed by atoms with Crippen LogP contribution < -0.4 is 14.8 Å². The monoisotopic (exact) mass is 495 g/mol. The van der Waals surface area contributed by atoms with Gasteiger partial charge in [-0.25, -0.2) is 0 Å². The van der Waals surface area contributed by atoms with Crippen LogP contribution in [0.1, 0.15) is 0 Å². The fourth-order valence-electron chi connectivity index (χ4n) is 1.25. The van der Waals surface area contributed by atoms with E-state index in [0.717, 1.165) is 12.1 Å². The van der Waals surface area contributed by atoms with Crippen molar-refractivity contribution in [3.05, 3.63) is 18.2 Å². The largest absolute Gasteiger partial charge is 0.475 e. The maximum absolute atomic E-state index is 13.2.